The summed E-state index contributed by atoms with van der Waals surface area (Å²) in [6.45, 7) is 8.75. The van der Waals surface area contributed by atoms with Crippen molar-refractivity contribution in [2.75, 3.05) is 19.6 Å². The lowest BCUT2D eigenvalue weighted by Crippen LogP contribution is -2.23. The smallest absolute Gasteiger partial charge is 0.0967 e. The van der Waals surface area contributed by atoms with E-state index in [2.05, 4.69) is 29.1 Å². The van der Waals surface area contributed by atoms with Crippen molar-refractivity contribution in [1.29, 1.82) is 0 Å². The lowest BCUT2D eigenvalue weighted by Gasteiger charge is -2.17. The molecule has 0 aliphatic rings. The maximum atomic E-state index is 5.45. The Labute approximate surface area is 91.2 Å². The van der Waals surface area contributed by atoms with E-state index in [1.807, 2.05) is 6.20 Å². The third kappa shape index (κ3) is 3.97. The molecule has 0 unspecified atom stereocenters. The molecule has 2 N–H and O–H groups in total. The van der Waals surface area contributed by atoms with Crippen LogP contribution in [-0.4, -0.2) is 39.5 Å². The normalized spacial score (nSPS) is 11.2. The second kappa shape index (κ2) is 6.53. The molecule has 15 heavy (non-hydrogen) atoms. The number of rotatable bonds is 7. The minimum Gasteiger partial charge on any atom is -0.329 e. The lowest BCUT2D eigenvalue weighted by atomic mass is 10.3. The highest BCUT2D eigenvalue weighted by Crippen LogP contribution is 2.01. The van der Waals surface area contributed by atoms with Crippen LogP contribution in [0.25, 0.3) is 0 Å². The predicted octanol–water partition coefficient (Wildman–Crippen LogP) is 0.469. The van der Waals surface area contributed by atoms with Gasteiger partial charge in [-0.05, 0) is 19.5 Å². The molecule has 0 saturated heterocycles. The van der Waals surface area contributed by atoms with Gasteiger partial charge in [0.05, 0.1) is 12.2 Å². The van der Waals surface area contributed by atoms with Gasteiger partial charge in [0, 0.05) is 19.3 Å². The molecule has 0 radical (unpaired) electrons. The molecular formula is C10H21N5. The van der Waals surface area contributed by atoms with Gasteiger partial charge in [0.25, 0.3) is 0 Å². The molecule has 0 aliphatic carbocycles. The Morgan fingerprint density at radius 2 is 2.27 bits per heavy atom. The topological polar surface area (TPSA) is 60.0 Å². The van der Waals surface area contributed by atoms with Gasteiger partial charge in [-0.25, -0.2) is 0 Å². The van der Waals surface area contributed by atoms with E-state index in [1.165, 1.54) is 6.42 Å². The summed E-state index contributed by atoms with van der Waals surface area (Å²) in [5, 5.41) is 8.13. The van der Waals surface area contributed by atoms with Crippen molar-refractivity contribution < 1.29 is 0 Å². The molecule has 0 amide bonds. The lowest BCUT2D eigenvalue weighted by molar-refractivity contribution is 0.277. The highest BCUT2D eigenvalue weighted by molar-refractivity contribution is 4.92. The van der Waals surface area contributed by atoms with Gasteiger partial charge in [-0.1, -0.05) is 19.1 Å². The fraction of sp³-hybridized carbons (Fsp3) is 0.800. The molecule has 0 spiro atoms. The quantitative estimate of drug-likeness (QED) is 0.712. The van der Waals surface area contributed by atoms with Gasteiger partial charge in [-0.2, -0.15) is 0 Å². The molecule has 1 heterocycles. The molecule has 0 aromatic carbocycles. The average molecular weight is 211 g/mol. The zero-order valence-electron chi connectivity index (χ0n) is 9.69. The van der Waals surface area contributed by atoms with E-state index in [-0.39, 0.29) is 0 Å². The van der Waals surface area contributed by atoms with Crippen LogP contribution in [0.2, 0.25) is 0 Å². The average Bonchev–Trinajstić information content (AvgIpc) is 2.66. The summed E-state index contributed by atoms with van der Waals surface area (Å²) >= 11 is 0. The Bertz CT molecular complexity index is 271. The van der Waals surface area contributed by atoms with E-state index in [4.69, 9.17) is 5.73 Å². The Hall–Kier alpha value is -0.940. The summed E-state index contributed by atoms with van der Waals surface area (Å²) in [7, 11) is 0. The zero-order valence-corrected chi connectivity index (χ0v) is 9.69. The highest BCUT2D eigenvalue weighted by atomic mass is 15.4. The number of aromatic nitrogens is 3. The Balaban J connectivity index is 2.47. The minimum absolute atomic E-state index is 0.606. The first-order valence-corrected chi connectivity index (χ1v) is 5.61. The molecule has 5 nitrogen and oxygen atoms in total. The van der Waals surface area contributed by atoms with Crippen molar-refractivity contribution >= 4 is 0 Å². The molecule has 5 heteroatoms. The van der Waals surface area contributed by atoms with Crippen LogP contribution in [0, 0.1) is 0 Å². The molecule has 86 valence electrons. The molecule has 1 aromatic heterocycles. The van der Waals surface area contributed by atoms with E-state index >= 15 is 0 Å². The van der Waals surface area contributed by atoms with Crippen molar-refractivity contribution in [3.8, 4) is 0 Å². The first-order valence-electron chi connectivity index (χ1n) is 5.61. The van der Waals surface area contributed by atoms with E-state index in [9.17, 15) is 0 Å². The van der Waals surface area contributed by atoms with Crippen LogP contribution >= 0.6 is 0 Å². The number of nitrogens with two attached hydrogens (primary N) is 1. The fourth-order valence-electron chi connectivity index (χ4n) is 1.55. The van der Waals surface area contributed by atoms with Gasteiger partial charge in [-0.15, -0.1) is 5.10 Å². The largest absolute Gasteiger partial charge is 0.329 e. The van der Waals surface area contributed by atoms with Crippen LogP contribution in [0.5, 0.6) is 0 Å². The third-order valence-corrected chi connectivity index (χ3v) is 2.32. The second-order valence-corrected chi connectivity index (χ2v) is 3.63. The van der Waals surface area contributed by atoms with Crippen LogP contribution in [-0.2, 0) is 13.1 Å². The Morgan fingerprint density at radius 1 is 1.47 bits per heavy atom. The number of hydrogen-bond donors (Lipinski definition) is 1. The van der Waals surface area contributed by atoms with Gasteiger partial charge in [0.15, 0.2) is 0 Å². The van der Waals surface area contributed by atoms with Gasteiger partial charge in [0.2, 0.25) is 0 Å². The molecular weight excluding hydrogens is 190 g/mol. The van der Waals surface area contributed by atoms with Crippen molar-refractivity contribution in [3.63, 3.8) is 0 Å². The molecule has 0 bridgehead atoms. The van der Waals surface area contributed by atoms with Gasteiger partial charge in [0.1, 0.15) is 0 Å². The fourth-order valence-corrected chi connectivity index (χ4v) is 1.55. The van der Waals surface area contributed by atoms with Crippen LogP contribution in [0.1, 0.15) is 26.0 Å². The van der Waals surface area contributed by atoms with Crippen molar-refractivity contribution in [1.82, 2.24) is 19.9 Å². The van der Waals surface area contributed by atoms with E-state index in [0.717, 1.165) is 31.9 Å². The number of hydrogen-bond acceptors (Lipinski definition) is 4. The maximum absolute atomic E-state index is 5.45. The van der Waals surface area contributed by atoms with Gasteiger partial charge in [-0.3, -0.25) is 9.58 Å². The third-order valence-electron chi connectivity index (χ3n) is 2.32. The summed E-state index contributed by atoms with van der Waals surface area (Å²) in [6.07, 6.45) is 3.15. The molecule has 0 fully saturated rings. The van der Waals surface area contributed by atoms with E-state index in [0.29, 0.717) is 6.54 Å². The summed E-state index contributed by atoms with van der Waals surface area (Å²) in [5.41, 5.74) is 6.47. The summed E-state index contributed by atoms with van der Waals surface area (Å²) in [5.74, 6) is 0. The van der Waals surface area contributed by atoms with Crippen molar-refractivity contribution in [2.24, 2.45) is 5.73 Å². The van der Waals surface area contributed by atoms with Crippen LogP contribution in [0.15, 0.2) is 6.20 Å². The monoisotopic (exact) mass is 211 g/mol. The zero-order chi connectivity index (χ0) is 11.1. The van der Waals surface area contributed by atoms with Crippen LogP contribution < -0.4 is 5.73 Å². The highest BCUT2D eigenvalue weighted by Gasteiger charge is 2.05. The first kappa shape index (κ1) is 12.1. The van der Waals surface area contributed by atoms with Crippen molar-refractivity contribution in [3.05, 3.63) is 11.9 Å². The standard InChI is InChI=1S/C10H21N5/c1-3-6-14(4-2)8-10-9-15(7-5-11)13-12-10/h9H,3-8,11H2,1-2H3. The molecule has 1 aromatic rings. The number of nitrogens with zero attached hydrogens (tertiary/aromatic N) is 4. The van der Waals surface area contributed by atoms with Crippen molar-refractivity contribution in [2.45, 2.75) is 33.4 Å². The molecule has 0 atom stereocenters. The molecule has 0 aliphatic heterocycles. The molecule has 1 rings (SSSR count). The van der Waals surface area contributed by atoms with E-state index in [1.54, 1.807) is 4.68 Å². The summed E-state index contributed by atoms with van der Waals surface area (Å²) in [6, 6.07) is 0. The second-order valence-electron chi connectivity index (χ2n) is 3.63. The SMILES string of the molecule is CCCN(CC)Cc1cn(CCN)nn1. The maximum Gasteiger partial charge on any atom is 0.0967 e. The first-order chi connectivity index (χ1) is 7.30. The predicted molar refractivity (Wildman–Crippen MR) is 60.3 cm³/mol. The van der Waals surface area contributed by atoms with Crippen LogP contribution in [0.3, 0.4) is 0 Å². The Morgan fingerprint density at radius 3 is 2.87 bits per heavy atom. The van der Waals surface area contributed by atoms with Gasteiger partial charge < -0.3 is 5.73 Å². The molecule has 0 saturated carbocycles. The minimum atomic E-state index is 0.606. The van der Waals surface area contributed by atoms with Crippen LogP contribution in [0.4, 0.5) is 0 Å². The summed E-state index contributed by atoms with van der Waals surface area (Å²) < 4.78 is 1.80. The van der Waals surface area contributed by atoms with E-state index < -0.39 is 0 Å². The Kier molecular flexibility index (Phi) is 5.28. The van der Waals surface area contributed by atoms with Gasteiger partial charge >= 0.3 is 0 Å². The summed E-state index contributed by atoms with van der Waals surface area (Å²) in [4.78, 5) is 2.36.